The van der Waals surface area contributed by atoms with Crippen LogP contribution in [0.4, 0.5) is 0 Å². The lowest BCUT2D eigenvalue weighted by atomic mass is 10.1. The maximum Gasteiger partial charge on any atom is 0.206 e. The van der Waals surface area contributed by atoms with Crippen molar-refractivity contribution in [2.45, 2.75) is 13.5 Å². The molecule has 0 bridgehead atoms. The Kier molecular flexibility index (Phi) is 5.49. The number of aryl methyl sites for hydroxylation is 1. The van der Waals surface area contributed by atoms with Crippen molar-refractivity contribution in [2.24, 2.45) is 7.05 Å². The fourth-order valence-electron chi connectivity index (χ4n) is 2.03. The molecule has 1 aromatic carbocycles. The van der Waals surface area contributed by atoms with Crippen molar-refractivity contribution in [3.63, 3.8) is 0 Å². The van der Waals surface area contributed by atoms with E-state index in [1.807, 2.05) is 25.1 Å². The average Bonchev–Trinajstić information content (AvgIpc) is 2.97. The molecule has 116 valence electrons. The smallest absolute Gasteiger partial charge is 0.206 e. The Hall–Kier alpha value is -2.40. The summed E-state index contributed by atoms with van der Waals surface area (Å²) >= 11 is 0. The third-order valence-electron chi connectivity index (χ3n) is 3.16. The molecule has 0 amide bonds. The van der Waals surface area contributed by atoms with Gasteiger partial charge >= 0.3 is 0 Å². The molecule has 0 aliphatic carbocycles. The minimum atomic E-state index is -0.122. The summed E-state index contributed by atoms with van der Waals surface area (Å²) in [7, 11) is 3.41. The number of ether oxygens (including phenoxy) is 2. The second kappa shape index (κ2) is 7.56. The Morgan fingerprint density at radius 3 is 2.82 bits per heavy atom. The molecule has 0 aliphatic rings. The topological polar surface area (TPSA) is 53.4 Å². The number of nitrogens with zero attached hydrogens (tertiary/aromatic N) is 2. The van der Waals surface area contributed by atoms with Gasteiger partial charge in [0.05, 0.1) is 13.7 Å². The van der Waals surface area contributed by atoms with Gasteiger partial charge in [-0.05, 0) is 36.8 Å². The van der Waals surface area contributed by atoms with Crippen LogP contribution in [0.1, 0.15) is 28.5 Å². The molecule has 0 unspecified atom stereocenters. The molecule has 0 radical (unpaired) electrons. The molecule has 1 aromatic heterocycles. The lowest BCUT2D eigenvalue weighted by Gasteiger charge is -2.09. The number of methoxy groups -OCH3 is 1. The van der Waals surface area contributed by atoms with Crippen molar-refractivity contribution < 1.29 is 14.3 Å². The first-order valence-corrected chi connectivity index (χ1v) is 7.10. The summed E-state index contributed by atoms with van der Waals surface area (Å²) in [6, 6.07) is 7.42. The highest BCUT2D eigenvalue weighted by Gasteiger charge is 2.06. The zero-order valence-corrected chi connectivity index (χ0v) is 13.1. The Morgan fingerprint density at radius 1 is 1.36 bits per heavy atom. The number of hydrogen-bond donors (Lipinski definition) is 0. The summed E-state index contributed by atoms with van der Waals surface area (Å²) < 4.78 is 12.3. The van der Waals surface area contributed by atoms with Crippen molar-refractivity contribution in [1.29, 1.82) is 0 Å². The predicted octanol–water partition coefficient (Wildman–Crippen LogP) is 2.86. The largest absolute Gasteiger partial charge is 0.496 e. The fraction of sp³-hybridized carbons (Fsp3) is 0.294. The van der Waals surface area contributed by atoms with Crippen LogP contribution < -0.4 is 4.74 Å². The van der Waals surface area contributed by atoms with Crippen molar-refractivity contribution in [2.75, 3.05) is 13.7 Å². The Morgan fingerprint density at radius 2 is 2.18 bits per heavy atom. The van der Waals surface area contributed by atoms with E-state index in [9.17, 15) is 4.79 Å². The third-order valence-corrected chi connectivity index (χ3v) is 3.16. The molecule has 0 N–H and O–H groups in total. The summed E-state index contributed by atoms with van der Waals surface area (Å²) in [5.41, 5.74) is 2.30. The van der Waals surface area contributed by atoms with Gasteiger partial charge in [-0.15, -0.1) is 0 Å². The zero-order valence-electron chi connectivity index (χ0n) is 13.1. The van der Waals surface area contributed by atoms with Gasteiger partial charge in [-0.1, -0.05) is 12.1 Å². The van der Waals surface area contributed by atoms with Gasteiger partial charge in [0.15, 0.2) is 0 Å². The zero-order chi connectivity index (χ0) is 15.9. The van der Waals surface area contributed by atoms with E-state index in [0.717, 1.165) is 16.9 Å². The molecule has 5 nitrogen and oxygen atoms in total. The molecule has 2 rings (SSSR count). The van der Waals surface area contributed by atoms with Crippen LogP contribution >= 0.6 is 0 Å². The number of ketones is 1. The first-order chi connectivity index (χ1) is 10.6. The summed E-state index contributed by atoms with van der Waals surface area (Å²) in [6.45, 7) is 3.07. The van der Waals surface area contributed by atoms with Crippen LogP contribution in [0.3, 0.4) is 0 Å². The highest BCUT2D eigenvalue weighted by atomic mass is 16.5. The Labute approximate surface area is 130 Å². The van der Waals surface area contributed by atoms with Crippen LogP contribution in [-0.2, 0) is 18.4 Å². The van der Waals surface area contributed by atoms with E-state index in [-0.39, 0.29) is 5.78 Å². The van der Waals surface area contributed by atoms with Gasteiger partial charge in [-0.3, -0.25) is 9.48 Å². The van der Waals surface area contributed by atoms with Gasteiger partial charge in [0.2, 0.25) is 5.78 Å². The normalized spacial score (nSPS) is 11.0. The minimum absolute atomic E-state index is 0.122. The average molecular weight is 300 g/mol. The molecule has 0 atom stereocenters. The van der Waals surface area contributed by atoms with Gasteiger partial charge < -0.3 is 9.47 Å². The maximum atomic E-state index is 12.0. The van der Waals surface area contributed by atoms with Gasteiger partial charge in [-0.25, -0.2) is 0 Å². The molecule has 5 heteroatoms. The van der Waals surface area contributed by atoms with Gasteiger partial charge in [0, 0.05) is 25.4 Å². The van der Waals surface area contributed by atoms with Crippen LogP contribution in [0.5, 0.6) is 5.75 Å². The summed E-state index contributed by atoms with van der Waals surface area (Å²) in [4.78, 5) is 12.0. The molecule has 0 fully saturated rings. The summed E-state index contributed by atoms with van der Waals surface area (Å²) in [6.07, 6.45) is 5.04. The fourth-order valence-corrected chi connectivity index (χ4v) is 2.03. The number of carbonyl (C=O) groups excluding carboxylic acids is 1. The molecule has 1 heterocycles. The van der Waals surface area contributed by atoms with Crippen LogP contribution in [-0.4, -0.2) is 29.3 Å². The molecule has 22 heavy (non-hydrogen) atoms. The maximum absolute atomic E-state index is 12.0. The van der Waals surface area contributed by atoms with Crippen LogP contribution in [0.2, 0.25) is 0 Å². The van der Waals surface area contributed by atoms with E-state index in [0.29, 0.717) is 18.9 Å². The van der Waals surface area contributed by atoms with E-state index in [1.54, 1.807) is 37.2 Å². The summed E-state index contributed by atoms with van der Waals surface area (Å²) in [5, 5.41) is 4.08. The first-order valence-electron chi connectivity index (χ1n) is 7.10. The monoisotopic (exact) mass is 300 g/mol. The van der Waals surface area contributed by atoms with E-state index in [1.165, 1.54) is 6.08 Å². The second-order valence-electron chi connectivity index (χ2n) is 4.78. The number of carbonyl (C=O) groups is 1. The quantitative estimate of drug-likeness (QED) is 0.583. The lowest BCUT2D eigenvalue weighted by molar-refractivity contribution is 0.104. The number of benzene rings is 1. The van der Waals surface area contributed by atoms with E-state index < -0.39 is 0 Å². The molecule has 0 aliphatic heterocycles. The third kappa shape index (κ3) is 4.05. The van der Waals surface area contributed by atoms with Crippen molar-refractivity contribution >= 4 is 11.9 Å². The standard InChI is InChI=1S/C17H20N2O3/c1-4-22-12-14-11-13(6-8-17(14)21-3)5-7-16(20)15-9-10-19(2)18-15/h5-11H,4,12H2,1-3H3/b7-5+. The van der Waals surface area contributed by atoms with Crippen molar-refractivity contribution in [3.05, 3.63) is 53.4 Å². The van der Waals surface area contributed by atoms with E-state index >= 15 is 0 Å². The van der Waals surface area contributed by atoms with E-state index in [2.05, 4.69) is 5.10 Å². The predicted molar refractivity (Wildman–Crippen MR) is 84.9 cm³/mol. The number of aromatic nitrogens is 2. The minimum Gasteiger partial charge on any atom is -0.496 e. The Bertz CT molecular complexity index is 674. The molecular formula is C17H20N2O3. The SMILES string of the molecule is CCOCc1cc(/C=C/C(=O)c2ccn(C)n2)ccc1OC. The molecule has 0 saturated carbocycles. The van der Waals surface area contributed by atoms with Crippen LogP contribution in [0.15, 0.2) is 36.5 Å². The van der Waals surface area contributed by atoms with Crippen LogP contribution in [0, 0.1) is 0 Å². The Balaban J connectivity index is 2.14. The number of allylic oxidation sites excluding steroid dienone is 1. The van der Waals surface area contributed by atoms with Gasteiger partial charge in [0.1, 0.15) is 11.4 Å². The highest BCUT2D eigenvalue weighted by molar-refractivity contribution is 6.05. The second-order valence-corrected chi connectivity index (χ2v) is 4.78. The molecule has 2 aromatic rings. The van der Waals surface area contributed by atoms with Gasteiger partial charge in [0.25, 0.3) is 0 Å². The lowest BCUT2D eigenvalue weighted by Crippen LogP contribution is -1.98. The van der Waals surface area contributed by atoms with E-state index in [4.69, 9.17) is 9.47 Å². The van der Waals surface area contributed by atoms with Crippen molar-refractivity contribution in [3.8, 4) is 5.75 Å². The molecular weight excluding hydrogens is 280 g/mol. The van der Waals surface area contributed by atoms with Crippen molar-refractivity contribution in [1.82, 2.24) is 9.78 Å². The highest BCUT2D eigenvalue weighted by Crippen LogP contribution is 2.21. The number of hydrogen-bond acceptors (Lipinski definition) is 4. The van der Waals surface area contributed by atoms with Crippen LogP contribution in [0.25, 0.3) is 6.08 Å². The molecule has 0 saturated heterocycles. The number of rotatable bonds is 7. The first kappa shape index (κ1) is 16.0. The van der Waals surface area contributed by atoms with Gasteiger partial charge in [-0.2, -0.15) is 5.10 Å². The molecule has 0 spiro atoms. The summed E-state index contributed by atoms with van der Waals surface area (Å²) in [5.74, 6) is 0.657.